The molecule has 0 saturated heterocycles. The summed E-state index contributed by atoms with van der Waals surface area (Å²) in [5, 5.41) is 18.0. The van der Waals surface area contributed by atoms with Crippen molar-refractivity contribution < 1.29 is 24.2 Å². The van der Waals surface area contributed by atoms with Crippen molar-refractivity contribution in [1.29, 1.82) is 0 Å². The van der Waals surface area contributed by atoms with E-state index in [2.05, 4.69) is 4.52 Å². The van der Waals surface area contributed by atoms with Crippen LogP contribution in [-0.2, 0) is 9.09 Å². The third-order valence-electron chi connectivity index (χ3n) is 1.28. The molecule has 0 spiro atoms. The van der Waals surface area contributed by atoms with Crippen molar-refractivity contribution in [1.82, 2.24) is 4.90 Å². The molecule has 12 heavy (non-hydrogen) atoms. The third-order valence-corrected chi connectivity index (χ3v) is 1.61. The van der Waals surface area contributed by atoms with E-state index in [1.165, 1.54) is 13.8 Å². The molecule has 0 radical (unpaired) electrons. The zero-order valence-corrected chi connectivity index (χ0v) is 7.81. The van der Waals surface area contributed by atoms with Gasteiger partial charge < -0.3 is 10.2 Å². The van der Waals surface area contributed by atoms with Crippen LogP contribution in [0.5, 0.6) is 0 Å². The van der Waals surface area contributed by atoms with E-state index in [4.69, 9.17) is 15.1 Å². The van der Waals surface area contributed by atoms with Crippen molar-refractivity contribution in [3.8, 4) is 0 Å². The fraction of sp³-hybridized carbons (Fsp3) is 1.00. The first-order valence-electron chi connectivity index (χ1n) is 3.36. The number of aliphatic hydroxyl groups is 2. The number of rotatable bonds is 5. The van der Waals surface area contributed by atoms with Crippen molar-refractivity contribution >= 4 is 8.25 Å². The van der Waals surface area contributed by atoms with Gasteiger partial charge in [0.15, 0.2) is 6.73 Å². The Morgan fingerprint density at radius 1 is 1.42 bits per heavy atom. The maximum atomic E-state index is 10.1. The van der Waals surface area contributed by atoms with Crippen LogP contribution in [0.25, 0.3) is 0 Å². The van der Waals surface area contributed by atoms with Crippen LogP contribution in [0.4, 0.5) is 0 Å². The molecule has 7 heteroatoms. The summed E-state index contributed by atoms with van der Waals surface area (Å²) in [5.74, 6) is 0. The Kier molecular flexibility index (Phi) is 5.48. The second-order valence-electron chi connectivity index (χ2n) is 2.27. The fourth-order valence-electron chi connectivity index (χ4n) is 0.644. The molecule has 0 aliphatic carbocycles. The second kappa shape index (κ2) is 5.53. The van der Waals surface area contributed by atoms with Gasteiger partial charge in [0.05, 0.1) is 0 Å². The van der Waals surface area contributed by atoms with Crippen LogP contribution in [0.1, 0.15) is 13.8 Å². The first-order valence-corrected chi connectivity index (χ1v) is 4.49. The molecule has 0 aromatic carbocycles. The minimum atomic E-state index is -2.70. The minimum Gasteiger partial charge on any atom is -0.379 e. The van der Waals surface area contributed by atoms with Gasteiger partial charge in [-0.25, -0.2) is 4.90 Å². The van der Waals surface area contributed by atoms with Crippen LogP contribution >= 0.6 is 8.25 Å². The molecule has 0 fully saturated rings. The summed E-state index contributed by atoms with van der Waals surface area (Å²) in [6, 6.07) is 0. The third kappa shape index (κ3) is 4.71. The number of hydrogen-bond acceptors (Lipinski definition) is 5. The lowest BCUT2D eigenvalue weighted by atomic mass is 10.5. The topological polar surface area (TPSA) is 90.2 Å². The average molecular weight is 198 g/mol. The fourth-order valence-corrected chi connectivity index (χ4v) is 0.876. The van der Waals surface area contributed by atoms with Crippen molar-refractivity contribution in [2.45, 2.75) is 26.3 Å². The quantitative estimate of drug-likeness (QED) is 0.411. The summed E-state index contributed by atoms with van der Waals surface area (Å²) in [7, 11) is -2.70. The van der Waals surface area contributed by atoms with Gasteiger partial charge in [0.25, 0.3) is 0 Å². The molecule has 0 bridgehead atoms. The molecule has 0 aliphatic rings. The lowest BCUT2D eigenvalue weighted by molar-refractivity contribution is -0.115. The molecular weight excluding hydrogens is 185 g/mol. The van der Waals surface area contributed by atoms with E-state index in [1.807, 2.05) is 0 Å². The molecule has 3 unspecified atom stereocenters. The second-order valence-corrected chi connectivity index (χ2v) is 3.01. The molecule has 0 aromatic rings. The Bertz CT molecular complexity index is 143. The smallest absolute Gasteiger partial charge is 0.379 e. The SMILES string of the molecule is CC(O)N(CO[P+](=O)O)C(C)O. The largest absolute Gasteiger partial charge is 0.696 e. The Morgan fingerprint density at radius 2 is 1.83 bits per heavy atom. The van der Waals surface area contributed by atoms with E-state index < -0.39 is 20.7 Å². The van der Waals surface area contributed by atoms with Gasteiger partial charge in [0.2, 0.25) is 0 Å². The van der Waals surface area contributed by atoms with E-state index in [1.54, 1.807) is 0 Å². The van der Waals surface area contributed by atoms with Crippen LogP contribution in [0.2, 0.25) is 0 Å². The highest BCUT2D eigenvalue weighted by Crippen LogP contribution is 2.16. The zero-order chi connectivity index (χ0) is 9.72. The first kappa shape index (κ1) is 11.9. The van der Waals surface area contributed by atoms with Crippen molar-refractivity contribution in [2.24, 2.45) is 0 Å². The van der Waals surface area contributed by atoms with Crippen LogP contribution in [0.3, 0.4) is 0 Å². The van der Waals surface area contributed by atoms with Gasteiger partial charge in [-0.15, -0.1) is 9.42 Å². The molecular formula is C5H13NO5P+. The molecule has 72 valence electrons. The molecule has 0 amide bonds. The summed E-state index contributed by atoms with van der Waals surface area (Å²) >= 11 is 0. The molecule has 0 rings (SSSR count). The lowest BCUT2D eigenvalue weighted by Gasteiger charge is -2.24. The molecule has 3 atom stereocenters. The van der Waals surface area contributed by atoms with Crippen LogP contribution in [0, 0.1) is 0 Å². The summed E-state index contributed by atoms with van der Waals surface area (Å²) in [6.07, 6.45) is -1.86. The van der Waals surface area contributed by atoms with Gasteiger partial charge in [0.1, 0.15) is 12.5 Å². The van der Waals surface area contributed by atoms with Gasteiger partial charge in [-0.1, -0.05) is 0 Å². The molecule has 0 aliphatic heterocycles. The summed E-state index contributed by atoms with van der Waals surface area (Å²) in [6.45, 7) is 2.54. The van der Waals surface area contributed by atoms with Crippen LogP contribution in [0.15, 0.2) is 0 Å². The maximum absolute atomic E-state index is 10.1. The van der Waals surface area contributed by atoms with Gasteiger partial charge in [-0.05, 0) is 13.8 Å². The van der Waals surface area contributed by atoms with Crippen LogP contribution < -0.4 is 0 Å². The van der Waals surface area contributed by atoms with Crippen molar-refractivity contribution in [2.75, 3.05) is 6.73 Å². The Hall–Kier alpha value is -0.100. The predicted molar refractivity (Wildman–Crippen MR) is 41.0 cm³/mol. The summed E-state index contributed by atoms with van der Waals surface area (Å²) in [4.78, 5) is 9.36. The van der Waals surface area contributed by atoms with Gasteiger partial charge in [0, 0.05) is 4.57 Å². The summed E-state index contributed by atoms with van der Waals surface area (Å²) < 4.78 is 14.4. The van der Waals surface area contributed by atoms with E-state index in [0.29, 0.717) is 0 Å². The number of hydrogen-bond donors (Lipinski definition) is 3. The Balaban J connectivity index is 3.88. The maximum Gasteiger partial charge on any atom is 0.696 e. The highest BCUT2D eigenvalue weighted by Gasteiger charge is 2.21. The highest BCUT2D eigenvalue weighted by atomic mass is 31.1. The Morgan fingerprint density at radius 3 is 2.08 bits per heavy atom. The van der Waals surface area contributed by atoms with E-state index in [9.17, 15) is 4.57 Å². The van der Waals surface area contributed by atoms with Crippen molar-refractivity contribution in [3.63, 3.8) is 0 Å². The molecule has 3 N–H and O–H groups in total. The van der Waals surface area contributed by atoms with E-state index >= 15 is 0 Å². The van der Waals surface area contributed by atoms with Gasteiger partial charge in [-0.2, -0.15) is 0 Å². The molecule has 0 aromatic heterocycles. The normalized spacial score (nSPS) is 17.7. The van der Waals surface area contributed by atoms with E-state index in [0.717, 1.165) is 4.90 Å². The molecule has 0 heterocycles. The number of aliphatic hydroxyl groups excluding tert-OH is 2. The lowest BCUT2D eigenvalue weighted by Crippen LogP contribution is -2.41. The first-order chi connectivity index (χ1) is 5.45. The van der Waals surface area contributed by atoms with Crippen LogP contribution in [-0.4, -0.2) is 39.2 Å². The van der Waals surface area contributed by atoms with Gasteiger partial charge in [-0.3, -0.25) is 0 Å². The average Bonchev–Trinajstić information content (AvgIpc) is 1.84. The number of nitrogens with zero attached hydrogens (tertiary/aromatic N) is 1. The minimum absolute atomic E-state index is 0.291. The van der Waals surface area contributed by atoms with Gasteiger partial charge >= 0.3 is 8.25 Å². The summed E-state index contributed by atoms with van der Waals surface area (Å²) in [5.41, 5.74) is 0. The standard InChI is InChI=1S/C5H12NO5P/c1-4(7)6(5(2)8)3-11-12(9)10/h4-5,7-8H,3H2,1-2H3/p+1. The van der Waals surface area contributed by atoms with Crippen molar-refractivity contribution in [3.05, 3.63) is 0 Å². The van der Waals surface area contributed by atoms with E-state index in [-0.39, 0.29) is 6.73 Å². The predicted octanol–water partition coefficient (Wildman–Crippen LogP) is -0.411. The molecule has 6 nitrogen and oxygen atoms in total. The highest BCUT2D eigenvalue weighted by molar-refractivity contribution is 7.32. The molecule has 0 saturated carbocycles. The zero-order valence-electron chi connectivity index (χ0n) is 6.91. The Labute approximate surface area is 71.3 Å². The monoisotopic (exact) mass is 198 g/mol.